The number of thiol groups is 2. The first-order valence-corrected chi connectivity index (χ1v) is 34.4. The van der Waals surface area contributed by atoms with E-state index in [0.29, 0.717) is 18.3 Å². The van der Waals surface area contributed by atoms with Crippen LogP contribution in [0.1, 0.15) is 91.0 Å². The fraction of sp³-hybridized carbons (Fsp3) is 0.607. The molecule has 13 atom stereocenters. The number of hydrogen-bond acceptors (Lipinski definition) is 23. The zero-order valence-corrected chi connectivity index (χ0v) is 60.1. The van der Waals surface area contributed by atoms with Gasteiger partial charge >= 0.3 is 5.97 Å². The molecule has 0 radical (unpaired) electrons. The maximum absolute atomic E-state index is 14.4. The second-order valence-corrected chi connectivity index (χ2v) is 24.5. The maximum atomic E-state index is 14.4. The van der Waals surface area contributed by atoms with Crippen molar-refractivity contribution in [1.82, 2.24) is 69.1 Å². The van der Waals surface area contributed by atoms with Gasteiger partial charge in [0.15, 0.2) is 17.9 Å². The minimum Gasteiger partial charge on any atom is -0.481 e. The van der Waals surface area contributed by atoms with E-state index in [9.17, 15) is 87.2 Å². The molecule has 0 heterocycles. The minimum atomic E-state index is -1.96. The average molecular weight is 1510 g/mol. The lowest BCUT2D eigenvalue weighted by Crippen LogP contribution is -2.61. The lowest BCUT2D eigenvalue weighted by Gasteiger charge is -2.30. The normalized spacial score (nSPS) is 14.5. The summed E-state index contributed by atoms with van der Waals surface area (Å²) in [5.41, 5.74) is 38.6. The number of rotatable bonds is 51. The Bertz CT molecular complexity index is 3130. The fourth-order valence-electron chi connectivity index (χ4n) is 9.20. The number of nitrogens with one attached hydrogen (secondary N) is 13. The number of guanidine groups is 3. The summed E-state index contributed by atoms with van der Waals surface area (Å²) in [5, 5.41) is 60.2. The van der Waals surface area contributed by atoms with Gasteiger partial charge in [0.1, 0.15) is 66.7 Å². The number of nitrogens with two attached hydrogens (primary N) is 7. The highest BCUT2D eigenvalue weighted by Gasteiger charge is 2.37. The summed E-state index contributed by atoms with van der Waals surface area (Å²) in [6, 6.07) is -7.99. The summed E-state index contributed by atoms with van der Waals surface area (Å²) >= 11 is 8.31. The van der Waals surface area contributed by atoms with E-state index in [0.717, 1.165) is 0 Å². The largest absolute Gasteiger partial charge is 0.481 e. The van der Waals surface area contributed by atoms with Gasteiger partial charge in [-0.15, -0.1) is 0 Å². The monoisotopic (exact) mass is 1510 g/mol. The highest BCUT2D eigenvalue weighted by Crippen LogP contribution is 2.14. The third kappa shape index (κ3) is 36.6. The Morgan fingerprint density at radius 2 is 0.837 bits per heavy atom. The number of aliphatic hydroxyl groups is 2. The predicted octanol–water partition coefficient (Wildman–Crippen LogP) is -10.5. The van der Waals surface area contributed by atoms with Crippen LogP contribution in [0.2, 0.25) is 0 Å². The maximum Gasteiger partial charge on any atom is 0.305 e. The SMILES string of the molecule is CC[C@H](C)[C@H](NC(=O)[C@H](CCCN=C(N)N)NC(=O)[C@H](CC(=O)O)NC(=O)[C@@H](NC(=O)[C@H](CCCN=C(N)N)NC(=O)CNC(=O)CNC(=O)[C@H](Cc1ccccc1)NC(=O)[C@H](CS)NC(=O)[C@H](CO)NC(=O)[C@@H](N)CO)[C@@H](C)CC)C(=O)N[C@@H](CS)C(=O)NCC(=O)N[C@H](C=O)CCCN=C(N)N. The van der Waals surface area contributed by atoms with E-state index in [1.54, 1.807) is 51.1 Å². The Morgan fingerprint density at radius 1 is 0.452 bits per heavy atom. The van der Waals surface area contributed by atoms with Crippen LogP contribution in [0.3, 0.4) is 0 Å². The molecule has 41 nitrogen and oxygen atoms in total. The minimum absolute atomic E-state index is 0.00165. The summed E-state index contributed by atoms with van der Waals surface area (Å²) in [6.07, 6.45) is -0.207. The molecule has 1 rings (SSSR count). The number of aliphatic hydroxyl groups excluding tert-OH is 2. The molecule has 1 aromatic carbocycles. The Hall–Kier alpha value is -10.1. The molecule has 0 aliphatic rings. The zero-order valence-electron chi connectivity index (χ0n) is 58.4. The van der Waals surface area contributed by atoms with Crippen molar-refractivity contribution in [3.05, 3.63) is 35.9 Å². The van der Waals surface area contributed by atoms with E-state index in [1.807, 2.05) is 0 Å². The molecular formula is C61H103N23O18S2. The van der Waals surface area contributed by atoms with E-state index >= 15 is 0 Å². The van der Waals surface area contributed by atoms with Gasteiger partial charge in [0.05, 0.1) is 45.3 Å². The van der Waals surface area contributed by atoms with E-state index in [-0.39, 0.29) is 100 Å². The molecular weight excluding hydrogens is 1410 g/mol. The smallest absolute Gasteiger partial charge is 0.305 e. The van der Waals surface area contributed by atoms with Gasteiger partial charge < -0.3 is 129 Å². The van der Waals surface area contributed by atoms with Gasteiger partial charge in [0, 0.05) is 37.6 Å². The van der Waals surface area contributed by atoms with Crippen molar-refractivity contribution in [3.8, 4) is 0 Å². The molecule has 104 heavy (non-hydrogen) atoms. The molecule has 0 aromatic heterocycles. The molecule has 0 saturated carbocycles. The summed E-state index contributed by atoms with van der Waals surface area (Å²) < 4.78 is 0. The molecule has 582 valence electrons. The lowest BCUT2D eigenvalue weighted by molar-refractivity contribution is -0.142. The number of aliphatic carboxylic acids is 1. The van der Waals surface area contributed by atoms with E-state index in [4.69, 9.17) is 40.1 Å². The van der Waals surface area contributed by atoms with Gasteiger partial charge in [-0.05, 0) is 55.9 Å². The second-order valence-electron chi connectivity index (χ2n) is 23.7. The number of amides is 13. The standard InChI is InChI=1S/C61H103N23O18S2/c1-5-31(3)47(57(101)79-39(22-46(91)92)54(98)77-37(17-12-20-71-61(67)68)53(97)84-48(32(4)6-2)58(102)82-41(29-103)51(95)74-25-44(89)75-34(26-85)15-10-18-69-59(63)64)83-52(96)36(16-11-19-70-60(65)66)76-45(90)24-72-43(88)23-73-50(94)38(21-33-13-8-7-9-14-33)78-56(100)42(30-104)81-55(99)40(28-87)80-49(93)35(62)27-86/h7-9,13-14,26,31-32,34-42,47-48,86-87,103-104H,5-6,10-12,15-25,27-30,62H2,1-4H3,(H,72,88)(H,73,94)(H,74,95)(H,75,89)(H,76,90)(H,77,98)(H,78,100)(H,79,101)(H,80,93)(H,81,99)(H,82,102)(H,83,96)(H,84,97)(H,91,92)(H4,63,64,69)(H4,65,66,70)(H4,67,68,71)/t31-,32-,34-,35-,36-,37-,38-,39-,40-,41-,42-,47-,48-/m0/s1. The summed E-state index contributed by atoms with van der Waals surface area (Å²) in [4.78, 5) is 212. The van der Waals surface area contributed by atoms with Crippen molar-refractivity contribution in [2.45, 2.75) is 158 Å². The molecule has 0 saturated heterocycles. The fourth-order valence-corrected chi connectivity index (χ4v) is 9.72. The van der Waals surface area contributed by atoms with E-state index < -0.39 is 200 Å². The van der Waals surface area contributed by atoms with E-state index in [1.165, 1.54) is 6.92 Å². The van der Waals surface area contributed by atoms with Crippen molar-refractivity contribution < 1.29 is 87.2 Å². The van der Waals surface area contributed by atoms with Crippen LogP contribution in [-0.2, 0) is 78.3 Å². The molecule has 30 N–H and O–H groups in total. The summed E-state index contributed by atoms with van der Waals surface area (Å²) in [7, 11) is 0. The molecule has 13 amide bonds. The summed E-state index contributed by atoms with van der Waals surface area (Å²) in [5.74, 6) is -17.1. The van der Waals surface area contributed by atoms with Gasteiger partial charge in [-0.3, -0.25) is 82.1 Å². The molecule has 0 aliphatic heterocycles. The number of aldehydes is 1. The van der Waals surface area contributed by atoms with Crippen LogP contribution in [0.5, 0.6) is 0 Å². The first-order chi connectivity index (χ1) is 49.2. The molecule has 0 fully saturated rings. The molecule has 0 aliphatic carbocycles. The Labute approximate surface area is 611 Å². The lowest BCUT2D eigenvalue weighted by atomic mass is 9.96. The third-order valence-electron chi connectivity index (χ3n) is 15.4. The molecule has 0 unspecified atom stereocenters. The van der Waals surface area contributed by atoms with Gasteiger partial charge in [0.2, 0.25) is 76.8 Å². The second kappa shape index (κ2) is 50.3. The summed E-state index contributed by atoms with van der Waals surface area (Å²) in [6.45, 7) is 2.59. The van der Waals surface area contributed by atoms with Crippen molar-refractivity contribution in [2.24, 2.45) is 66.9 Å². The number of nitrogens with zero attached hydrogens (tertiary/aromatic N) is 3. The molecule has 0 bridgehead atoms. The van der Waals surface area contributed by atoms with Gasteiger partial charge in [-0.2, -0.15) is 25.3 Å². The number of hydrogen-bond donors (Lipinski definition) is 25. The van der Waals surface area contributed by atoms with Crippen LogP contribution in [0.4, 0.5) is 0 Å². The predicted molar refractivity (Wildman–Crippen MR) is 385 cm³/mol. The van der Waals surface area contributed by atoms with Crippen LogP contribution in [0, 0.1) is 11.8 Å². The number of carboxylic acids is 1. The third-order valence-corrected chi connectivity index (χ3v) is 16.2. The van der Waals surface area contributed by atoms with Crippen molar-refractivity contribution in [2.75, 3.05) is 64.0 Å². The number of carbonyl (C=O) groups excluding carboxylic acids is 14. The van der Waals surface area contributed by atoms with Crippen LogP contribution in [0.25, 0.3) is 0 Å². The van der Waals surface area contributed by atoms with Crippen molar-refractivity contribution in [1.29, 1.82) is 0 Å². The van der Waals surface area contributed by atoms with E-state index in [2.05, 4.69) is 109 Å². The number of benzene rings is 1. The quantitative estimate of drug-likeness (QED) is 0.00947. The zero-order chi connectivity index (χ0) is 78.6. The highest BCUT2D eigenvalue weighted by atomic mass is 32.1. The van der Waals surface area contributed by atoms with Crippen LogP contribution in [0.15, 0.2) is 45.3 Å². The Kier molecular flexibility index (Phi) is 44.4. The van der Waals surface area contributed by atoms with Crippen LogP contribution < -0.4 is 109 Å². The first kappa shape index (κ1) is 91.9. The van der Waals surface area contributed by atoms with Gasteiger partial charge in [0.25, 0.3) is 0 Å². The van der Waals surface area contributed by atoms with Crippen molar-refractivity contribution in [3.63, 3.8) is 0 Å². The van der Waals surface area contributed by atoms with Gasteiger partial charge in [-0.1, -0.05) is 70.9 Å². The topological polar surface area (TPSA) is 692 Å². The number of carboxylic acid groups (broad SMARTS) is 1. The molecule has 43 heteroatoms. The average Bonchev–Trinajstić information content (AvgIpc) is 0.850. The number of aliphatic imine (C=N–C) groups is 3. The van der Waals surface area contributed by atoms with Gasteiger partial charge in [-0.25, -0.2) is 0 Å². The Balaban J connectivity index is 3.42. The van der Waals surface area contributed by atoms with Crippen molar-refractivity contribution >= 4 is 132 Å². The van der Waals surface area contributed by atoms with Crippen LogP contribution in [-0.4, -0.2) is 253 Å². The Morgan fingerprint density at radius 3 is 1.30 bits per heavy atom. The molecule has 1 aromatic rings. The highest BCUT2D eigenvalue weighted by molar-refractivity contribution is 7.80. The van der Waals surface area contributed by atoms with Crippen LogP contribution >= 0.6 is 25.3 Å². The number of carbonyl (C=O) groups is 15. The first-order valence-electron chi connectivity index (χ1n) is 33.1. The molecule has 0 spiro atoms.